The van der Waals surface area contributed by atoms with Gasteiger partial charge in [0, 0.05) is 93.4 Å². The van der Waals surface area contributed by atoms with Crippen molar-refractivity contribution in [3.63, 3.8) is 0 Å². The fraction of sp³-hybridized carbons (Fsp3) is 0.390. The minimum atomic E-state index is -0.315. The highest BCUT2D eigenvalue weighted by Gasteiger charge is 2.36. The van der Waals surface area contributed by atoms with Crippen LogP contribution in [0, 0.1) is 31.1 Å². The summed E-state index contributed by atoms with van der Waals surface area (Å²) in [7, 11) is 3.73. The van der Waals surface area contributed by atoms with Gasteiger partial charge in [-0.25, -0.2) is 0 Å². The van der Waals surface area contributed by atoms with E-state index in [4.69, 9.17) is 9.47 Å². The van der Waals surface area contributed by atoms with Gasteiger partial charge in [0.15, 0.2) is 0 Å². The van der Waals surface area contributed by atoms with Gasteiger partial charge in [-0.3, -0.25) is 19.3 Å². The van der Waals surface area contributed by atoms with Crippen LogP contribution in [0.2, 0.25) is 0 Å². The number of hydrogen-bond acceptors (Lipinski definition) is 8. The molecule has 4 aliphatic rings. The van der Waals surface area contributed by atoms with Crippen LogP contribution in [-0.2, 0) is 56.0 Å². The van der Waals surface area contributed by atoms with Gasteiger partial charge >= 0.3 is 0 Å². The number of rotatable bonds is 13. The first-order valence-electron chi connectivity index (χ1n) is 25.6. The lowest BCUT2D eigenvalue weighted by atomic mass is 9.89. The van der Waals surface area contributed by atoms with Gasteiger partial charge in [0.05, 0.1) is 24.3 Å². The summed E-state index contributed by atoms with van der Waals surface area (Å²) in [5, 5.41) is 20.2. The van der Waals surface area contributed by atoms with Crippen molar-refractivity contribution in [2.24, 2.45) is 20.0 Å². The number of nitriles is 1. The SMILES string of the molecule is Cc1c(N(C(=O)c2cc(-c3cc4c(cc3C(=O)N3Cc5ccccc5C[C@H]3CN3CCCC3)CN(C(=O)Cc3ccc(OCCC5CCOCC5)cc3)CC4)n(C)c2C)c2ccc(O)cc2)cc(C#N)n1C. The predicted octanol–water partition coefficient (Wildman–Crippen LogP) is 9.19. The smallest absolute Gasteiger partial charge is 0.264 e. The lowest BCUT2D eigenvalue weighted by Crippen LogP contribution is -2.49. The summed E-state index contributed by atoms with van der Waals surface area (Å²) in [6.07, 6.45) is 7.09. The number of aromatic nitrogens is 2. The first-order chi connectivity index (χ1) is 34.9. The molecule has 10 rings (SSSR count). The Morgan fingerprint density at radius 1 is 0.806 bits per heavy atom. The average molecular weight is 968 g/mol. The highest BCUT2D eigenvalue weighted by Crippen LogP contribution is 2.39. The molecular weight excluding hydrogens is 903 g/mol. The van der Waals surface area contributed by atoms with Crippen molar-refractivity contribution in [3.05, 3.63) is 153 Å². The maximum absolute atomic E-state index is 15.7. The summed E-state index contributed by atoms with van der Waals surface area (Å²) in [4.78, 5) is 53.1. The Bertz CT molecular complexity index is 3030. The molecular formula is C59H65N7O6. The van der Waals surface area contributed by atoms with Gasteiger partial charge in [-0.05, 0) is 166 Å². The molecule has 0 radical (unpaired) electrons. The van der Waals surface area contributed by atoms with Crippen LogP contribution in [0.1, 0.15) is 97.7 Å². The highest BCUT2D eigenvalue weighted by molar-refractivity contribution is 6.13. The number of phenolic OH excluding ortho intramolecular Hbond substituents is 1. The molecule has 0 aliphatic carbocycles. The third-order valence-electron chi connectivity index (χ3n) is 15.9. The molecule has 372 valence electrons. The van der Waals surface area contributed by atoms with Crippen molar-refractivity contribution in [2.75, 3.05) is 50.9 Å². The molecule has 1 atom stereocenters. The van der Waals surface area contributed by atoms with Gasteiger partial charge in [-0.2, -0.15) is 5.26 Å². The number of nitrogens with zero attached hydrogens (tertiary/aromatic N) is 7. The molecule has 2 saturated heterocycles. The number of amides is 3. The van der Waals surface area contributed by atoms with E-state index in [1.807, 2.05) is 72.8 Å². The number of carbonyl (C=O) groups is 3. The van der Waals surface area contributed by atoms with Crippen LogP contribution >= 0.6 is 0 Å². The Kier molecular flexibility index (Phi) is 14.1. The molecule has 0 saturated carbocycles. The van der Waals surface area contributed by atoms with Gasteiger partial charge in [0.1, 0.15) is 23.3 Å². The number of aromatic hydroxyl groups is 1. The number of likely N-dealkylation sites (tertiary alicyclic amines) is 1. The second-order valence-corrected chi connectivity index (χ2v) is 20.2. The summed E-state index contributed by atoms with van der Waals surface area (Å²) >= 11 is 0. The summed E-state index contributed by atoms with van der Waals surface area (Å²) < 4.78 is 15.3. The second-order valence-electron chi connectivity index (χ2n) is 20.2. The zero-order valence-electron chi connectivity index (χ0n) is 42.0. The van der Waals surface area contributed by atoms with Crippen molar-refractivity contribution in [1.29, 1.82) is 5.26 Å². The van der Waals surface area contributed by atoms with E-state index in [-0.39, 0.29) is 35.9 Å². The summed E-state index contributed by atoms with van der Waals surface area (Å²) in [5.41, 5.74) is 10.7. The Balaban J connectivity index is 0.984. The van der Waals surface area contributed by atoms with Crippen LogP contribution < -0.4 is 9.64 Å². The molecule has 6 aromatic rings. The molecule has 13 nitrogen and oxygen atoms in total. The molecule has 4 aliphatic heterocycles. The van der Waals surface area contributed by atoms with Crippen molar-refractivity contribution in [1.82, 2.24) is 23.8 Å². The molecule has 0 bridgehead atoms. The monoisotopic (exact) mass is 967 g/mol. The van der Waals surface area contributed by atoms with E-state index in [0.717, 1.165) is 116 Å². The molecule has 1 N–H and O–H groups in total. The fourth-order valence-electron chi connectivity index (χ4n) is 11.3. The normalized spacial score (nSPS) is 17.1. The van der Waals surface area contributed by atoms with E-state index in [9.17, 15) is 15.2 Å². The Hall–Kier alpha value is -7.14. The molecule has 0 spiro atoms. The average Bonchev–Trinajstić information content (AvgIpc) is 4.11. The predicted molar refractivity (Wildman–Crippen MR) is 277 cm³/mol. The Labute approximate surface area is 422 Å². The fourth-order valence-corrected chi connectivity index (χ4v) is 11.3. The van der Waals surface area contributed by atoms with E-state index >= 15 is 9.59 Å². The van der Waals surface area contributed by atoms with E-state index in [0.29, 0.717) is 72.5 Å². The maximum atomic E-state index is 15.7. The molecule has 6 heterocycles. The lowest BCUT2D eigenvalue weighted by Gasteiger charge is -2.39. The van der Waals surface area contributed by atoms with Gasteiger partial charge in [0.2, 0.25) is 5.91 Å². The van der Waals surface area contributed by atoms with Gasteiger partial charge in [-0.15, -0.1) is 0 Å². The largest absolute Gasteiger partial charge is 0.508 e. The van der Waals surface area contributed by atoms with Crippen molar-refractivity contribution in [3.8, 4) is 28.8 Å². The topological polar surface area (TPSA) is 137 Å². The van der Waals surface area contributed by atoms with Crippen LogP contribution in [-0.4, -0.2) is 98.7 Å². The Morgan fingerprint density at radius 3 is 2.26 bits per heavy atom. The molecule has 72 heavy (non-hydrogen) atoms. The van der Waals surface area contributed by atoms with Crippen molar-refractivity contribution in [2.45, 2.75) is 84.3 Å². The van der Waals surface area contributed by atoms with Crippen LogP contribution in [0.25, 0.3) is 11.3 Å². The van der Waals surface area contributed by atoms with Crippen molar-refractivity contribution < 1.29 is 29.0 Å². The maximum Gasteiger partial charge on any atom is 0.264 e. The third-order valence-corrected chi connectivity index (χ3v) is 15.9. The standard InChI is InChI=1S/C59H65N7O6/c1-39-52(59(70)66(47-13-15-50(67)16-14-47)55-33-48(35-60)61(3)40(55)2)34-56(62(39)4)53-31-44-19-25-64(57(68)29-42-11-17-51(18-12-42)72-28-22-41-20-26-71-27-21-41)36-46(44)32-54(53)58(69)65-37-45-10-6-5-9-43(45)30-49(65)38-63-23-7-8-24-63/h5-6,9-18,31-34,41,49,67H,7-8,19-30,36-38H2,1-4H3/t49-/m0/s1. The molecule has 13 heteroatoms. The molecule has 2 aromatic heterocycles. The van der Waals surface area contributed by atoms with Crippen LogP contribution in [0.5, 0.6) is 11.5 Å². The van der Waals surface area contributed by atoms with Gasteiger partial charge in [0.25, 0.3) is 11.8 Å². The Morgan fingerprint density at radius 2 is 1.54 bits per heavy atom. The summed E-state index contributed by atoms with van der Waals surface area (Å²) in [5.74, 6) is 1.14. The van der Waals surface area contributed by atoms with Crippen molar-refractivity contribution >= 4 is 29.1 Å². The van der Waals surface area contributed by atoms with Crippen LogP contribution in [0.15, 0.2) is 97.1 Å². The van der Waals surface area contributed by atoms with Gasteiger partial charge < -0.3 is 38.4 Å². The lowest BCUT2D eigenvalue weighted by molar-refractivity contribution is -0.131. The van der Waals surface area contributed by atoms with E-state index in [1.54, 1.807) is 46.8 Å². The molecule has 2 fully saturated rings. The number of hydrogen-bond donors (Lipinski definition) is 1. The minimum absolute atomic E-state index is 0.0269. The van der Waals surface area contributed by atoms with Crippen LogP contribution in [0.3, 0.4) is 0 Å². The van der Waals surface area contributed by atoms with E-state index < -0.39 is 0 Å². The first kappa shape index (κ1) is 48.5. The number of anilines is 2. The number of carbonyl (C=O) groups excluding carboxylic acids is 3. The van der Waals surface area contributed by atoms with E-state index in [1.165, 1.54) is 5.56 Å². The number of ether oxygens (including phenoxy) is 2. The third kappa shape index (κ3) is 9.90. The molecule has 4 aromatic carbocycles. The number of benzene rings is 4. The first-order valence-corrected chi connectivity index (χ1v) is 25.6. The highest BCUT2D eigenvalue weighted by atomic mass is 16.5. The van der Waals surface area contributed by atoms with Crippen LogP contribution in [0.4, 0.5) is 11.4 Å². The minimum Gasteiger partial charge on any atom is -0.508 e. The zero-order valence-corrected chi connectivity index (χ0v) is 42.0. The molecule has 0 unspecified atom stereocenters. The number of phenols is 1. The zero-order chi connectivity index (χ0) is 50.0. The van der Waals surface area contributed by atoms with Gasteiger partial charge in [-0.1, -0.05) is 36.4 Å². The summed E-state index contributed by atoms with van der Waals surface area (Å²) in [6.45, 7) is 10.3. The second kappa shape index (κ2) is 20.9. The summed E-state index contributed by atoms with van der Waals surface area (Å²) in [6, 6.07) is 32.7. The van der Waals surface area contributed by atoms with E-state index in [2.05, 4.69) is 40.1 Å². The quantitative estimate of drug-likeness (QED) is 0.121. The molecule has 3 amide bonds. The number of fused-ring (bicyclic) bond motifs is 2.